The van der Waals surface area contributed by atoms with Crippen molar-refractivity contribution < 1.29 is 0 Å². The first-order valence-electron chi connectivity index (χ1n) is 1.82. The molecule has 0 atom stereocenters. The van der Waals surface area contributed by atoms with Gasteiger partial charge in [-0.2, -0.15) is 0 Å². The van der Waals surface area contributed by atoms with Crippen molar-refractivity contribution in [1.82, 2.24) is 0 Å². The Bertz CT molecular complexity index is 62.0. The third-order valence-corrected chi connectivity index (χ3v) is 1.15. The van der Waals surface area contributed by atoms with Gasteiger partial charge in [-0.15, -0.1) is 6.58 Å². The normalized spacial score (nSPS) is 8.67. The summed E-state index contributed by atoms with van der Waals surface area (Å²) in [4.78, 5) is 0. The monoisotopic (exact) mass is 96.0 g/mol. The highest BCUT2D eigenvalue weighted by atomic mass is 28.2. The summed E-state index contributed by atoms with van der Waals surface area (Å²) < 4.78 is 0. The standard InChI is InChI=1S/C5H8Si/c1-3-5-6-4-2/h3-6H,1-2H2. The number of allylic oxidation sites excluding steroid dienone is 1. The zero-order valence-electron chi connectivity index (χ0n) is 3.72. The molecule has 0 N–H and O–H groups in total. The Labute approximate surface area is 40.6 Å². The molecule has 0 unspecified atom stereocenters. The van der Waals surface area contributed by atoms with Crippen molar-refractivity contribution in [2.75, 3.05) is 0 Å². The molecule has 0 rings (SSSR count). The van der Waals surface area contributed by atoms with E-state index >= 15 is 0 Å². The first kappa shape index (κ1) is 5.57. The molecule has 0 heterocycles. The van der Waals surface area contributed by atoms with E-state index in [-0.39, 0.29) is 0 Å². The maximum absolute atomic E-state index is 3.56. The van der Waals surface area contributed by atoms with Crippen LogP contribution in [-0.2, 0) is 0 Å². The van der Waals surface area contributed by atoms with Crippen molar-refractivity contribution in [1.29, 1.82) is 0 Å². The second-order valence-electron chi connectivity index (χ2n) is 0.856. The molecule has 0 spiro atoms. The molecule has 0 aromatic carbocycles. The molecule has 32 valence electrons. The van der Waals surface area contributed by atoms with Gasteiger partial charge in [-0.25, -0.2) is 0 Å². The molecule has 0 saturated heterocycles. The quantitative estimate of drug-likeness (QED) is 0.440. The minimum Gasteiger partial charge on any atom is -0.104 e. The van der Waals surface area contributed by atoms with Gasteiger partial charge in [0.25, 0.3) is 0 Å². The van der Waals surface area contributed by atoms with Crippen molar-refractivity contribution in [2.45, 2.75) is 0 Å². The lowest BCUT2D eigenvalue weighted by molar-refractivity contribution is 2.52. The van der Waals surface area contributed by atoms with Crippen LogP contribution in [0.15, 0.2) is 24.9 Å². The fourth-order valence-electron chi connectivity index (χ4n) is 0.157. The molecule has 0 aliphatic heterocycles. The SMILES string of the molecule is C=CC=[SiH]C=C. The van der Waals surface area contributed by atoms with E-state index in [0.29, 0.717) is 9.13 Å². The zero-order chi connectivity index (χ0) is 4.83. The first-order valence-corrected chi connectivity index (χ1v) is 3.15. The summed E-state index contributed by atoms with van der Waals surface area (Å²) in [5.41, 5.74) is 3.95. The summed E-state index contributed by atoms with van der Waals surface area (Å²) in [5, 5.41) is 0. The van der Waals surface area contributed by atoms with Crippen LogP contribution < -0.4 is 0 Å². The molecule has 0 aromatic rings. The van der Waals surface area contributed by atoms with Crippen LogP contribution in [0.5, 0.6) is 0 Å². The summed E-state index contributed by atoms with van der Waals surface area (Å²) >= 11 is 0. The molecule has 0 radical (unpaired) electrons. The molecule has 0 bridgehead atoms. The van der Waals surface area contributed by atoms with Crippen LogP contribution in [0.2, 0.25) is 0 Å². The van der Waals surface area contributed by atoms with E-state index < -0.39 is 0 Å². The second-order valence-corrected chi connectivity index (χ2v) is 2.10. The predicted octanol–water partition coefficient (Wildman–Crippen LogP) is 0.555. The summed E-state index contributed by atoms with van der Waals surface area (Å²) in [5.74, 6) is 0. The third kappa shape index (κ3) is 3.57. The summed E-state index contributed by atoms with van der Waals surface area (Å²) in [6.45, 7) is 7.07. The molecular weight excluding hydrogens is 88.1 g/mol. The fourth-order valence-corrected chi connectivity index (χ4v) is 0.471. The lowest BCUT2D eigenvalue weighted by Gasteiger charge is -1.59. The molecule has 0 aliphatic carbocycles. The lowest BCUT2D eigenvalue weighted by atomic mass is 10.8. The minimum absolute atomic E-state index is 0.339. The van der Waals surface area contributed by atoms with Gasteiger partial charge >= 0.3 is 0 Å². The minimum atomic E-state index is 0.339. The van der Waals surface area contributed by atoms with Gasteiger partial charge in [0, 0.05) is 9.13 Å². The molecule has 0 saturated carbocycles. The Morgan fingerprint density at radius 2 is 2.00 bits per heavy atom. The molecule has 1 heteroatoms. The number of hydrogen-bond donors (Lipinski definition) is 0. The molecule has 0 fully saturated rings. The molecule has 0 nitrogen and oxygen atoms in total. The van der Waals surface area contributed by atoms with Crippen molar-refractivity contribution >= 4 is 14.8 Å². The Balaban J connectivity index is 3.17. The van der Waals surface area contributed by atoms with E-state index in [1.165, 1.54) is 0 Å². The molecule has 0 aliphatic rings. The second kappa shape index (κ2) is 4.57. The van der Waals surface area contributed by atoms with Gasteiger partial charge in [0.05, 0.1) is 0 Å². The first-order chi connectivity index (χ1) is 2.91. The molecule has 6 heavy (non-hydrogen) atoms. The van der Waals surface area contributed by atoms with E-state index in [2.05, 4.69) is 13.2 Å². The largest absolute Gasteiger partial charge is 0.104 e. The van der Waals surface area contributed by atoms with Crippen LogP contribution in [0, 0.1) is 0 Å². The third-order valence-electron chi connectivity index (χ3n) is 0.383. The highest BCUT2D eigenvalue weighted by Crippen LogP contribution is 1.46. The van der Waals surface area contributed by atoms with Gasteiger partial charge in [0.1, 0.15) is 0 Å². The average molecular weight is 96.2 g/mol. The molecular formula is C5H8Si. The van der Waals surface area contributed by atoms with Crippen LogP contribution in [0.1, 0.15) is 0 Å². The van der Waals surface area contributed by atoms with E-state index in [1.54, 1.807) is 6.08 Å². The number of rotatable bonds is 2. The van der Waals surface area contributed by atoms with Crippen molar-refractivity contribution in [3.05, 3.63) is 24.9 Å². The van der Waals surface area contributed by atoms with Crippen LogP contribution >= 0.6 is 0 Å². The van der Waals surface area contributed by atoms with Gasteiger partial charge in [-0.05, 0) is 0 Å². The van der Waals surface area contributed by atoms with Crippen LogP contribution in [-0.4, -0.2) is 14.8 Å². The Morgan fingerprint density at radius 1 is 1.33 bits per heavy atom. The van der Waals surface area contributed by atoms with Gasteiger partial charge in [0.2, 0.25) is 0 Å². The predicted molar refractivity (Wildman–Crippen MR) is 33.6 cm³/mol. The van der Waals surface area contributed by atoms with E-state index in [1.807, 2.05) is 11.4 Å². The van der Waals surface area contributed by atoms with Crippen LogP contribution in [0.4, 0.5) is 0 Å². The van der Waals surface area contributed by atoms with Crippen molar-refractivity contribution in [3.63, 3.8) is 0 Å². The average Bonchev–Trinajstić information content (AvgIpc) is 1.61. The Morgan fingerprint density at radius 3 is 2.17 bits per heavy atom. The van der Waals surface area contributed by atoms with Crippen LogP contribution in [0.3, 0.4) is 0 Å². The van der Waals surface area contributed by atoms with E-state index in [4.69, 9.17) is 0 Å². The molecule has 0 aromatic heterocycles. The summed E-state index contributed by atoms with van der Waals surface area (Å²) in [6.07, 6.45) is 1.80. The smallest absolute Gasteiger partial charge is 0.0191 e. The van der Waals surface area contributed by atoms with Crippen molar-refractivity contribution in [2.24, 2.45) is 0 Å². The van der Waals surface area contributed by atoms with Gasteiger partial charge in [-0.3, -0.25) is 0 Å². The van der Waals surface area contributed by atoms with Gasteiger partial charge in [-0.1, -0.05) is 24.0 Å². The summed E-state index contributed by atoms with van der Waals surface area (Å²) in [6, 6.07) is 0. The van der Waals surface area contributed by atoms with Gasteiger partial charge < -0.3 is 0 Å². The Kier molecular flexibility index (Phi) is 4.24. The lowest BCUT2D eigenvalue weighted by Crippen LogP contribution is -1.68. The van der Waals surface area contributed by atoms with Crippen molar-refractivity contribution in [3.8, 4) is 0 Å². The van der Waals surface area contributed by atoms with Crippen LogP contribution in [0.25, 0.3) is 0 Å². The molecule has 0 amide bonds. The maximum Gasteiger partial charge on any atom is 0.0191 e. The highest BCUT2D eigenvalue weighted by Gasteiger charge is 1.48. The number of hydrogen-bond acceptors (Lipinski definition) is 0. The van der Waals surface area contributed by atoms with E-state index in [0.717, 1.165) is 0 Å². The van der Waals surface area contributed by atoms with E-state index in [9.17, 15) is 0 Å². The fraction of sp³-hybridized carbons (Fsp3) is 0. The van der Waals surface area contributed by atoms with Gasteiger partial charge in [0.15, 0.2) is 0 Å². The topological polar surface area (TPSA) is 0 Å². The summed E-state index contributed by atoms with van der Waals surface area (Å²) in [7, 11) is 0.339. The highest BCUT2D eigenvalue weighted by molar-refractivity contribution is 6.53. The maximum atomic E-state index is 3.56. The Hall–Kier alpha value is -0.433. The zero-order valence-corrected chi connectivity index (χ0v) is 4.88.